The summed E-state index contributed by atoms with van der Waals surface area (Å²) in [4.78, 5) is 0. The highest BCUT2D eigenvalue weighted by molar-refractivity contribution is 7.90. The van der Waals surface area contributed by atoms with E-state index >= 15 is 0 Å². The second kappa shape index (κ2) is 8.68. The van der Waals surface area contributed by atoms with E-state index in [4.69, 9.17) is 9.47 Å². The Morgan fingerprint density at radius 1 is 1.00 bits per heavy atom. The van der Waals surface area contributed by atoms with E-state index in [0.717, 1.165) is 16.3 Å². The minimum atomic E-state index is -3.59. The highest BCUT2D eigenvalue weighted by Crippen LogP contribution is 2.27. The first-order valence-electron chi connectivity index (χ1n) is 7.84. The van der Waals surface area contributed by atoms with Crippen LogP contribution in [0.3, 0.4) is 0 Å². The second-order valence-corrected chi connectivity index (χ2v) is 7.44. The standard InChI is InChI=1S/C16H23N5O4S/c1-21(2)26(22,23)20-16-8-7-15(18-19-16)17-10-9-12-5-6-13(24-3)14(11-12)25-4/h5-8,11H,9-10H2,1-4H3,(H,17,18)(H,19,20). The van der Waals surface area contributed by atoms with Crippen molar-refractivity contribution in [3.63, 3.8) is 0 Å². The molecule has 2 rings (SSSR count). The molecule has 10 heteroatoms. The van der Waals surface area contributed by atoms with Gasteiger partial charge in [-0.15, -0.1) is 10.2 Å². The van der Waals surface area contributed by atoms with Crippen LogP contribution in [0.15, 0.2) is 30.3 Å². The number of nitrogens with one attached hydrogen (secondary N) is 2. The molecule has 0 radical (unpaired) electrons. The maximum Gasteiger partial charge on any atom is 0.302 e. The van der Waals surface area contributed by atoms with Crippen LogP contribution >= 0.6 is 0 Å². The maximum atomic E-state index is 11.7. The van der Waals surface area contributed by atoms with Gasteiger partial charge in [-0.3, -0.25) is 4.72 Å². The van der Waals surface area contributed by atoms with E-state index in [2.05, 4.69) is 20.2 Å². The summed E-state index contributed by atoms with van der Waals surface area (Å²) in [5.74, 6) is 2.08. The summed E-state index contributed by atoms with van der Waals surface area (Å²) in [7, 11) is 2.47. The van der Waals surface area contributed by atoms with Gasteiger partial charge >= 0.3 is 10.2 Å². The SMILES string of the molecule is COc1ccc(CCNc2ccc(NS(=O)(=O)N(C)C)nn2)cc1OC. The lowest BCUT2D eigenvalue weighted by Crippen LogP contribution is -2.29. The van der Waals surface area contributed by atoms with Gasteiger partial charge in [-0.25, -0.2) is 0 Å². The van der Waals surface area contributed by atoms with Crippen molar-refractivity contribution in [1.82, 2.24) is 14.5 Å². The van der Waals surface area contributed by atoms with Crippen molar-refractivity contribution in [1.29, 1.82) is 0 Å². The largest absolute Gasteiger partial charge is 0.493 e. The molecule has 26 heavy (non-hydrogen) atoms. The average Bonchev–Trinajstić information content (AvgIpc) is 2.62. The highest BCUT2D eigenvalue weighted by Gasteiger charge is 2.13. The lowest BCUT2D eigenvalue weighted by molar-refractivity contribution is 0.354. The van der Waals surface area contributed by atoms with E-state index in [9.17, 15) is 8.42 Å². The molecule has 1 aromatic heterocycles. The number of nitrogens with zero attached hydrogens (tertiary/aromatic N) is 3. The van der Waals surface area contributed by atoms with Crippen LogP contribution in [-0.2, 0) is 16.6 Å². The van der Waals surface area contributed by atoms with E-state index in [0.29, 0.717) is 23.9 Å². The number of hydrogen-bond acceptors (Lipinski definition) is 7. The van der Waals surface area contributed by atoms with Crippen LogP contribution in [0.25, 0.3) is 0 Å². The molecule has 2 aromatic rings. The van der Waals surface area contributed by atoms with Crippen molar-refractivity contribution in [2.75, 3.05) is 44.9 Å². The molecule has 9 nitrogen and oxygen atoms in total. The first kappa shape index (κ1) is 19.7. The Labute approximate surface area is 153 Å². The predicted molar refractivity (Wildman–Crippen MR) is 100 cm³/mol. The summed E-state index contributed by atoms with van der Waals surface area (Å²) in [5, 5.41) is 11.0. The topological polar surface area (TPSA) is 106 Å². The third kappa shape index (κ3) is 5.20. The molecule has 0 aliphatic carbocycles. The summed E-state index contributed by atoms with van der Waals surface area (Å²) in [6.45, 7) is 0.632. The number of ether oxygens (including phenoxy) is 2. The van der Waals surface area contributed by atoms with Crippen LogP contribution in [-0.4, -0.2) is 57.8 Å². The van der Waals surface area contributed by atoms with Gasteiger partial charge in [-0.2, -0.15) is 12.7 Å². The van der Waals surface area contributed by atoms with Crippen LogP contribution in [0, 0.1) is 0 Å². The molecule has 0 saturated heterocycles. The molecular formula is C16H23N5O4S. The maximum absolute atomic E-state index is 11.7. The third-order valence-electron chi connectivity index (χ3n) is 3.55. The molecule has 0 amide bonds. The molecule has 1 aromatic carbocycles. The number of rotatable bonds is 9. The van der Waals surface area contributed by atoms with Gasteiger partial charge in [0.25, 0.3) is 0 Å². The summed E-state index contributed by atoms with van der Waals surface area (Å²) in [6, 6.07) is 8.96. The van der Waals surface area contributed by atoms with Gasteiger partial charge < -0.3 is 14.8 Å². The molecule has 0 fully saturated rings. The third-order valence-corrected chi connectivity index (χ3v) is 4.98. The summed E-state index contributed by atoms with van der Waals surface area (Å²) in [6.07, 6.45) is 0.747. The van der Waals surface area contributed by atoms with E-state index in [1.165, 1.54) is 14.1 Å². The second-order valence-electron chi connectivity index (χ2n) is 5.56. The van der Waals surface area contributed by atoms with Crippen LogP contribution in [0.2, 0.25) is 0 Å². The van der Waals surface area contributed by atoms with Crippen LogP contribution in [0.1, 0.15) is 5.56 Å². The molecule has 2 N–H and O–H groups in total. The summed E-state index contributed by atoms with van der Waals surface area (Å²) >= 11 is 0. The van der Waals surface area contributed by atoms with Crippen LogP contribution in [0.4, 0.5) is 11.6 Å². The van der Waals surface area contributed by atoms with Gasteiger partial charge in [-0.05, 0) is 36.2 Å². The van der Waals surface area contributed by atoms with Gasteiger partial charge in [0.15, 0.2) is 17.3 Å². The van der Waals surface area contributed by atoms with Gasteiger partial charge in [0.2, 0.25) is 0 Å². The Morgan fingerprint density at radius 3 is 2.23 bits per heavy atom. The van der Waals surface area contributed by atoms with E-state index in [-0.39, 0.29) is 5.82 Å². The fourth-order valence-electron chi connectivity index (χ4n) is 2.08. The van der Waals surface area contributed by atoms with E-state index in [1.54, 1.807) is 26.4 Å². The molecule has 1 heterocycles. The molecule has 142 valence electrons. The Bertz CT molecular complexity index is 825. The first-order valence-corrected chi connectivity index (χ1v) is 9.28. The molecule has 0 atom stereocenters. The fourth-order valence-corrected chi connectivity index (χ4v) is 2.63. The van der Waals surface area contributed by atoms with E-state index < -0.39 is 10.2 Å². The predicted octanol–water partition coefficient (Wildman–Crippen LogP) is 1.37. The minimum absolute atomic E-state index is 0.157. The highest BCUT2D eigenvalue weighted by atomic mass is 32.2. The zero-order valence-corrected chi connectivity index (χ0v) is 16.0. The molecule has 0 aliphatic heterocycles. The van der Waals surface area contributed by atoms with Crippen molar-refractivity contribution >= 4 is 21.8 Å². The zero-order chi connectivity index (χ0) is 19.2. The Balaban J connectivity index is 1.90. The molecular weight excluding hydrogens is 358 g/mol. The molecule has 0 unspecified atom stereocenters. The van der Waals surface area contributed by atoms with Crippen molar-refractivity contribution in [3.8, 4) is 11.5 Å². The monoisotopic (exact) mass is 381 g/mol. The lowest BCUT2D eigenvalue weighted by atomic mass is 10.1. The number of hydrogen-bond donors (Lipinski definition) is 2. The quantitative estimate of drug-likeness (QED) is 0.676. The number of benzene rings is 1. The van der Waals surface area contributed by atoms with Crippen molar-refractivity contribution < 1.29 is 17.9 Å². The summed E-state index contributed by atoms with van der Waals surface area (Å²) < 4.78 is 37.3. The van der Waals surface area contributed by atoms with Gasteiger partial charge in [0, 0.05) is 20.6 Å². The van der Waals surface area contributed by atoms with Gasteiger partial charge in [0.1, 0.15) is 5.82 Å². The fraction of sp³-hybridized carbons (Fsp3) is 0.375. The molecule has 0 spiro atoms. The van der Waals surface area contributed by atoms with Gasteiger partial charge in [-0.1, -0.05) is 6.07 Å². The normalized spacial score (nSPS) is 11.3. The number of methoxy groups -OCH3 is 2. The number of anilines is 2. The van der Waals surface area contributed by atoms with Crippen molar-refractivity contribution in [2.45, 2.75) is 6.42 Å². The Morgan fingerprint density at radius 2 is 1.65 bits per heavy atom. The first-order chi connectivity index (χ1) is 12.4. The van der Waals surface area contributed by atoms with Crippen LogP contribution < -0.4 is 19.5 Å². The zero-order valence-electron chi connectivity index (χ0n) is 15.2. The molecule has 0 bridgehead atoms. The van der Waals surface area contributed by atoms with Gasteiger partial charge in [0.05, 0.1) is 14.2 Å². The molecule has 0 saturated carbocycles. The van der Waals surface area contributed by atoms with E-state index in [1.807, 2.05) is 18.2 Å². The van der Waals surface area contributed by atoms with Crippen molar-refractivity contribution in [2.24, 2.45) is 0 Å². The minimum Gasteiger partial charge on any atom is -0.493 e. The summed E-state index contributed by atoms with van der Waals surface area (Å²) in [5.41, 5.74) is 1.08. The van der Waals surface area contributed by atoms with Crippen LogP contribution in [0.5, 0.6) is 11.5 Å². The number of aromatic nitrogens is 2. The lowest BCUT2D eigenvalue weighted by Gasteiger charge is -2.12. The van der Waals surface area contributed by atoms with Crippen molar-refractivity contribution in [3.05, 3.63) is 35.9 Å². The Kier molecular flexibility index (Phi) is 6.58. The Hall–Kier alpha value is -2.59. The average molecular weight is 381 g/mol. The molecule has 0 aliphatic rings. The smallest absolute Gasteiger partial charge is 0.302 e.